The van der Waals surface area contributed by atoms with E-state index in [4.69, 9.17) is 17.0 Å². The molecule has 0 saturated carbocycles. The lowest BCUT2D eigenvalue weighted by Gasteiger charge is -2.27. The van der Waals surface area contributed by atoms with Gasteiger partial charge in [0.15, 0.2) is 0 Å². The Morgan fingerprint density at radius 2 is 1.82 bits per heavy atom. The zero-order chi connectivity index (χ0) is 16.7. The van der Waals surface area contributed by atoms with Crippen LogP contribution in [0.15, 0.2) is 30.3 Å². The van der Waals surface area contributed by atoms with E-state index in [9.17, 15) is 9.59 Å². The number of rotatable bonds is 7. The van der Waals surface area contributed by atoms with Gasteiger partial charge in [-0.1, -0.05) is 56.4 Å². The van der Waals surface area contributed by atoms with Crippen molar-refractivity contribution < 1.29 is 14.3 Å². The van der Waals surface area contributed by atoms with Crippen molar-refractivity contribution in [1.29, 1.82) is 0 Å². The SMILES string of the molecule is COC(=O)C(C(C)=O)C(CC(C)C)NC(=S)c1ccccc1. The van der Waals surface area contributed by atoms with Crippen LogP contribution in [0.4, 0.5) is 0 Å². The molecular weight excluding hydrogens is 298 g/mol. The predicted molar refractivity (Wildman–Crippen MR) is 90.7 cm³/mol. The van der Waals surface area contributed by atoms with Gasteiger partial charge in [-0.15, -0.1) is 0 Å². The molecule has 0 heterocycles. The first-order valence-electron chi connectivity index (χ1n) is 7.31. The summed E-state index contributed by atoms with van der Waals surface area (Å²) in [5, 5.41) is 3.17. The van der Waals surface area contributed by atoms with E-state index in [-0.39, 0.29) is 11.8 Å². The average molecular weight is 321 g/mol. The third-order valence-corrected chi connectivity index (χ3v) is 3.73. The number of hydrogen-bond donors (Lipinski definition) is 1. The largest absolute Gasteiger partial charge is 0.468 e. The fraction of sp³-hybridized carbons (Fsp3) is 0.471. The van der Waals surface area contributed by atoms with Gasteiger partial charge < -0.3 is 10.1 Å². The van der Waals surface area contributed by atoms with Crippen molar-refractivity contribution in [1.82, 2.24) is 5.32 Å². The summed E-state index contributed by atoms with van der Waals surface area (Å²) in [7, 11) is 1.29. The number of ketones is 1. The molecule has 4 nitrogen and oxygen atoms in total. The number of esters is 1. The molecule has 0 bridgehead atoms. The molecule has 0 aliphatic rings. The van der Waals surface area contributed by atoms with Crippen LogP contribution in [0.25, 0.3) is 0 Å². The lowest BCUT2D eigenvalue weighted by molar-refractivity contribution is -0.150. The maximum atomic E-state index is 12.0. The Morgan fingerprint density at radius 3 is 2.27 bits per heavy atom. The van der Waals surface area contributed by atoms with Gasteiger partial charge in [-0.25, -0.2) is 0 Å². The predicted octanol–water partition coefficient (Wildman–Crippen LogP) is 2.74. The van der Waals surface area contributed by atoms with Gasteiger partial charge in [0, 0.05) is 11.6 Å². The number of benzene rings is 1. The lowest BCUT2D eigenvalue weighted by Crippen LogP contribution is -2.47. The van der Waals surface area contributed by atoms with E-state index in [0.717, 1.165) is 5.56 Å². The molecule has 0 fully saturated rings. The molecule has 120 valence electrons. The molecule has 5 heteroatoms. The molecule has 0 aliphatic carbocycles. The minimum atomic E-state index is -0.853. The highest BCUT2D eigenvalue weighted by Gasteiger charge is 2.34. The molecule has 2 atom stereocenters. The number of thiocarbonyl (C=S) groups is 1. The van der Waals surface area contributed by atoms with E-state index in [1.807, 2.05) is 44.2 Å². The maximum absolute atomic E-state index is 12.0. The number of carbonyl (C=O) groups excluding carboxylic acids is 2. The molecular formula is C17H23NO3S. The smallest absolute Gasteiger partial charge is 0.318 e. The van der Waals surface area contributed by atoms with Crippen LogP contribution in [0, 0.1) is 11.8 Å². The highest BCUT2D eigenvalue weighted by molar-refractivity contribution is 7.80. The first kappa shape index (κ1) is 18.3. The van der Waals surface area contributed by atoms with Crippen LogP contribution < -0.4 is 5.32 Å². The second-order valence-corrected chi connectivity index (χ2v) is 6.10. The first-order chi connectivity index (χ1) is 10.4. The van der Waals surface area contributed by atoms with Crippen molar-refractivity contribution >= 4 is 29.0 Å². The zero-order valence-corrected chi connectivity index (χ0v) is 14.3. The second-order valence-electron chi connectivity index (χ2n) is 5.69. The summed E-state index contributed by atoms with van der Waals surface area (Å²) in [4.78, 5) is 24.4. The standard InChI is InChI=1S/C17H23NO3S/c1-11(2)10-14(15(12(3)19)17(20)21-4)18-16(22)13-8-6-5-7-9-13/h5-9,11,14-15H,10H2,1-4H3,(H,18,22). The van der Waals surface area contributed by atoms with Crippen LogP contribution in [0.2, 0.25) is 0 Å². The van der Waals surface area contributed by atoms with Crippen molar-refractivity contribution in [3.05, 3.63) is 35.9 Å². The summed E-state index contributed by atoms with van der Waals surface area (Å²) in [6.45, 7) is 5.48. The summed E-state index contributed by atoms with van der Waals surface area (Å²) < 4.78 is 4.78. The number of nitrogens with one attached hydrogen (secondary N) is 1. The van der Waals surface area contributed by atoms with Gasteiger partial charge in [-0.2, -0.15) is 0 Å². The minimum absolute atomic E-state index is 0.221. The van der Waals surface area contributed by atoms with Crippen LogP contribution in [-0.4, -0.2) is 29.9 Å². The van der Waals surface area contributed by atoms with Gasteiger partial charge in [0.05, 0.1) is 7.11 Å². The molecule has 0 radical (unpaired) electrons. The number of carbonyl (C=O) groups is 2. The quantitative estimate of drug-likeness (QED) is 0.475. The van der Waals surface area contributed by atoms with Crippen LogP contribution in [0.3, 0.4) is 0 Å². The molecule has 0 aromatic heterocycles. The van der Waals surface area contributed by atoms with Crippen molar-refractivity contribution in [2.75, 3.05) is 7.11 Å². The van der Waals surface area contributed by atoms with Gasteiger partial charge in [-0.05, 0) is 19.3 Å². The van der Waals surface area contributed by atoms with E-state index in [2.05, 4.69) is 5.32 Å². The Bertz CT molecular complexity index is 528. The van der Waals surface area contributed by atoms with Crippen LogP contribution in [0.1, 0.15) is 32.8 Å². The summed E-state index contributed by atoms with van der Waals surface area (Å²) >= 11 is 5.40. The molecule has 22 heavy (non-hydrogen) atoms. The fourth-order valence-corrected chi connectivity index (χ4v) is 2.66. The summed E-state index contributed by atoms with van der Waals surface area (Å²) in [6.07, 6.45) is 0.645. The third-order valence-electron chi connectivity index (χ3n) is 3.37. The van der Waals surface area contributed by atoms with Crippen molar-refractivity contribution in [3.8, 4) is 0 Å². The molecule has 2 unspecified atom stereocenters. The monoisotopic (exact) mass is 321 g/mol. The minimum Gasteiger partial charge on any atom is -0.468 e. The molecule has 0 saturated heterocycles. The average Bonchev–Trinajstić information content (AvgIpc) is 2.46. The van der Waals surface area contributed by atoms with E-state index >= 15 is 0 Å². The Morgan fingerprint density at radius 1 is 1.23 bits per heavy atom. The van der Waals surface area contributed by atoms with Gasteiger partial charge in [0.25, 0.3) is 0 Å². The van der Waals surface area contributed by atoms with E-state index in [1.54, 1.807) is 0 Å². The lowest BCUT2D eigenvalue weighted by atomic mass is 9.89. The van der Waals surface area contributed by atoms with Crippen LogP contribution in [-0.2, 0) is 14.3 Å². The molecule has 1 aromatic rings. The fourth-order valence-electron chi connectivity index (χ4n) is 2.37. The summed E-state index contributed by atoms with van der Waals surface area (Å²) in [5.41, 5.74) is 0.860. The number of Topliss-reactive ketones (excluding diaryl/α,β-unsaturated/α-hetero) is 1. The topological polar surface area (TPSA) is 55.4 Å². The van der Waals surface area contributed by atoms with E-state index in [0.29, 0.717) is 17.3 Å². The Labute approximate surface area is 137 Å². The number of methoxy groups -OCH3 is 1. The maximum Gasteiger partial charge on any atom is 0.318 e. The van der Waals surface area contributed by atoms with E-state index in [1.165, 1.54) is 14.0 Å². The van der Waals surface area contributed by atoms with E-state index < -0.39 is 11.9 Å². The van der Waals surface area contributed by atoms with Crippen LogP contribution in [0.5, 0.6) is 0 Å². The third kappa shape index (κ3) is 5.22. The summed E-state index contributed by atoms with van der Waals surface area (Å²) in [6, 6.07) is 9.10. The van der Waals surface area contributed by atoms with Gasteiger partial charge in [0.1, 0.15) is 16.7 Å². The zero-order valence-electron chi connectivity index (χ0n) is 13.5. The van der Waals surface area contributed by atoms with Gasteiger partial charge in [-0.3, -0.25) is 9.59 Å². The molecule has 1 rings (SSSR count). The second kappa shape index (κ2) is 8.63. The normalized spacial score (nSPS) is 13.3. The molecule has 0 spiro atoms. The molecule has 1 N–H and O–H groups in total. The molecule has 0 amide bonds. The van der Waals surface area contributed by atoms with Crippen LogP contribution >= 0.6 is 12.2 Å². The Kier molecular flexibility index (Phi) is 7.18. The number of ether oxygens (including phenoxy) is 1. The molecule has 0 aliphatic heterocycles. The highest BCUT2D eigenvalue weighted by Crippen LogP contribution is 2.17. The first-order valence-corrected chi connectivity index (χ1v) is 7.71. The van der Waals surface area contributed by atoms with Crippen molar-refractivity contribution in [3.63, 3.8) is 0 Å². The number of hydrogen-bond acceptors (Lipinski definition) is 4. The Hall–Kier alpha value is -1.75. The van der Waals surface area contributed by atoms with Crippen molar-refractivity contribution in [2.24, 2.45) is 11.8 Å². The summed E-state index contributed by atoms with van der Waals surface area (Å²) in [5.74, 6) is -1.29. The highest BCUT2D eigenvalue weighted by atomic mass is 32.1. The molecule has 1 aromatic carbocycles. The van der Waals surface area contributed by atoms with Gasteiger partial charge >= 0.3 is 5.97 Å². The van der Waals surface area contributed by atoms with Crippen molar-refractivity contribution in [2.45, 2.75) is 33.2 Å². The Balaban J connectivity index is 2.99. The van der Waals surface area contributed by atoms with Gasteiger partial charge in [0.2, 0.25) is 0 Å².